The Balaban J connectivity index is 2.98. The summed E-state index contributed by atoms with van der Waals surface area (Å²) in [5.41, 5.74) is 1.39. The molecule has 0 saturated heterocycles. The Bertz CT molecular complexity index is 355. The van der Waals surface area contributed by atoms with Gasteiger partial charge >= 0.3 is 0 Å². The Kier molecular flexibility index (Phi) is 3.27. The Labute approximate surface area is 81.8 Å². The van der Waals surface area contributed by atoms with Crippen molar-refractivity contribution in [3.8, 4) is 6.07 Å². The molecule has 0 aromatic heterocycles. The zero-order valence-electron chi connectivity index (χ0n) is 7.27. The van der Waals surface area contributed by atoms with Crippen molar-refractivity contribution in [1.29, 1.82) is 5.26 Å². The standard InChI is InChI=1S/C10H9ClFN/c1-7-8(3-2-6-13)4-5-9(11)10(7)12/h4-5H,2-3H2,1H3. The first-order valence-electron chi connectivity index (χ1n) is 3.97. The number of aryl methyl sites for hydroxylation is 1. The fraction of sp³-hybridized carbons (Fsp3) is 0.300. The van der Waals surface area contributed by atoms with Crippen LogP contribution in [0.2, 0.25) is 5.02 Å². The minimum Gasteiger partial charge on any atom is -0.205 e. The largest absolute Gasteiger partial charge is 0.205 e. The predicted octanol–water partition coefficient (Wildman–Crippen LogP) is 3.24. The van der Waals surface area contributed by atoms with Crippen LogP contribution in [0.3, 0.4) is 0 Å². The van der Waals surface area contributed by atoms with Gasteiger partial charge in [0.05, 0.1) is 11.1 Å². The second kappa shape index (κ2) is 4.25. The molecule has 0 radical (unpaired) electrons. The van der Waals surface area contributed by atoms with Gasteiger partial charge in [0, 0.05) is 6.42 Å². The topological polar surface area (TPSA) is 23.8 Å². The summed E-state index contributed by atoms with van der Waals surface area (Å²) in [6.07, 6.45) is 0.984. The number of benzene rings is 1. The molecule has 3 heteroatoms. The van der Waals surface area contributed by atoms with E-state index in [-0.39, 0.29) is 10.8 Å². The molecule has 0 bridgehead atoms. The minimum atomic E-state index is -0.378. The van der Waals surface area contributed by atoms with Crippen LogP contribution in [0.4, 0.5) is 4.39 Å². The summed E-state index contributed by atoms with van der Waals surface area (Å²) in [6, 6.07) is 5.31. The van der Waals surface area contributed by atoms with Gasteiger partial charge in [-0.2, -0.15) is 5.26 Å². The molecule has 0 N–H and O–H groups in total. The van der Waals surface area contributed by atoms with E-state index in [1.54, 1.807) is 13.0 Å². The van der Waals surface area contributed by atoms with Crippen molar-refractivity contribution in [2.75, 3.05) is 0 Å². The third kappa shape index (κ3) is 2.19. The number of hydrogen-bond donors (Lipinski definition) is 0. The molecule has 13 heavy (non-hydrogen) atoms. The third-order valence-electron chi connectivity index (χ3n) is 1.96. The van der Waals surface area contributed by atoms with Crippen LogP contribution in [0.5, 0.6) is 0 Å². The molecule has 1 nitrogen and oxygen atoms in total. The van der Waals surface area contributed by atoms with Crippen LogP contribution < -0.4 is 0 Å². The molecule has 0 heterocycles. The molecule has 0 aliphatic heterocycles. The molecule has 0 unspecified atom stereocenters. The second-order valence-electron chi connectivity index (χ2n) is 2.80. The summed E-state index contributed by atoms with van der Waals surface area (Å²) in [7, 11) is 0. The fourth-order valence-corrected chi connectivity index (χ4v) is 1.36. The number of nitriles is 1. The van der Waals surface area contributed by atoms with Gasteiger partial charge in [-0.15, -0.1) is 0 Å². The smallest absolute Gasteiger partial charge is 0.144 e. The van der Waals surface area contributed by atoms with Crippen molar-refractivity contribution in [2.45, 2.75) is 19.8 Å². The van der Waals surface area contributed by atoms with Crippen LogP contribution in [0.15, 0.2) is 12.1 Å². The van der Waals surface area contributed by atoms with Crippen molar-refractivity contribution in [3.63, 3.8) is 0 Å². The van der Waals surface area contributed by atoms with E-state index in [1.807, 2.05) is 6.07 Å². The van der Waals surface area contributed by atoms with E-state index >= 15 is 0 Å². The van der Waals surface area contributed by atoms with Gasteiger partial charge in [-0.05, 0) is 30.5 Å². The number of halogens is 2. The van der Waals surface area contributed by atoms with Gasteiger partial charge < -0.3 is 0 Å². The fourth-order valence-electron chi connectivity index (χ4n) is 1.15. The van der Waals surface area contributed by atoms with E-state index in [4.69, 9.17) is 16.9 Å². The molecule has 0 aliphatic carbocycles. The highest BCUT2D eigenvalue weighted by atomic mass is 35.5. The molecule has 0 fully saturated rings. The van der Waals surface area contributed by atoms with Crippen molar-refractivity contribution in [2.24, 2.45) is 0 Å². The van der Waals surface area contributed by atoms with Crippen LogP contribution in [-0.2, 0) is 6.42 Å². The highest BCUT2D eigenvalue weighted by Crippen LogP contribution is 2.21. The first kappa shape index (κ1) is 10.0. The molecule has 0 amide bonds. The molecule has 1 aromatic rings. The van der Waals surface area contributed by atoms with Crippen molar-refractivity contribution in [3.05, 3.63) is 34.1 Å². The normalized spacial score (nSPS) is 9.69. The first-order chi connectivity index (χ1) is 6.16. The molecule has 68 valence electrons. The van der Waals surface area contributed by atoms with Crippen LogP contribution >= 0.6 is 11.6 Å². The van der Waals surface area contributed by atoms with E-state index in [2.05, 4.69) is 0 Å². The van der Waals surface area contributed by atoms with Crippen molar-refractivity contribution in [1.82, 2.24) is 0 Å². The Hall–Kier alpha value is -1.07. The molecule has 0 aliphatic rings. The SMILES string of the molecule is Cc1c(CCC#N)ccc(Cl)c1F. The average molecular weight is 198 g/mol. The zero-order valence-corrected chi connectivity index (χ0v) is 8.03. The Morgan fingerprint density at radius 3 is 2.85 bits per heavy atom. The monoisotopic (exact) mass is 197 g/mol. The molecule has 0 saturated carbocycles. The van der Waals surface area contributed by atoms with Crippen molar-refractivity contribution >= 4 is 11.6 Å². The summed E-state index contributed by atoms with van der Waals surface area (Å²) in [6.45, 7) is 1.67. The van der Waals surface area contributed by atoms with E-state index < -0.39 is 0 Å². The number of nitrogens with zero attached hydrogens (tertiary/aromatic N) is 1. The van der Waals surface area contributed by atoms with E-state index in [0.29, 0.717) is 18.4 Å². The summed E-state index contributed by atoms with van der Waals surface area (Å²) in [5, 5.41) is 8.51. The molecule has 0 spiro atoms. The third-order valence-corrected chi connectivity index (χ3v) is 2.25. The second-order valence-corrected chi connectivity index (χ2v) is 3.21. The Morgan fingerprint density at radius 2 is 2.23 bits per heavy atom. The maximum atomic E-state index is 13.2. The molecular weight excluding hydrogens is 189 g/mol. The van der Waals surface area contributed by atoms with E-state index in [0.717, 1.165) is 5.56 Å². The summed E-state index contributed by atoms with van der Waals surface area (Å²) in [5.74, 6) is -0.378. The highest BCUT2D eigenvalue weighted by molar-refractivity contribution is 6.30. The summed E-state index contributed by atoms with van der Waals surface area (Å²) < 4.78 is 13.2. The maximum Gasteiger partial charge on any atom is 0.144 e. The number of hydrogen-bond acceptors (Lipinski definition) is 1. The van der Waals surface area contributed by atoms with Gasteiger partial charge in [-0.1, -0.05) is 17.7 Å². The predicted molar refractivity (Wildman–Crippen MR) is 50.1 cm³/mol. The number of rotatable bonds is 2. The van der Waals surface area contributed by atoms with Crippen LogP contribution in [-0.4, -0.2) is 0 Å². The summed E-state index contributed by atoms with van der Waals surface area (Å²) in [4.78, 5) is 0. The zero-order chi connectivity index (χ0) is 9.84. The van der Waals surface area contributed by atoms with E-state index in [1.165, 1.54) is 6.07 Å². The van der Waals surface area contributed by atoms with E-state index in [9.17, 15) is 4.39 Å². The lowest BCUT2D eigenvalue weighted by atomic mass is 10.0. The lowest BCUT2D eigenvalue weighted by Gasteiger charge is -2.05. The summed E-state index contributed by atoms with van der Waals surface area (Å²) >= 11 is 5.58. The molecular formula is C10H9ClFN. The maximum absolute atomic E-state index is 13.2. The lowest BCUT2D eigenvalue weighted by molar-refractivity contribution is 0.615. The average Bonchev–Trinajstić information content (AvgIpc) is 2.13. The van der Waals surface area contributed by atoms with Crippen LogP contribution in [0.25, 0.3) is 0 Å². The van der Waals surface area contributed by atoms with Gasteiger partial charge in [-0.3, -0.25) is 0 Å². The van der Waals surface area contributed by atoms with Crippen molar-refractivity contribution < 1.29 is 4.39 Å². The first-order valence-corrected chi connectivity index (χ1v) is 4.35. The lowest BCUT2D eigenvalue weighted by Crippen LogP contribution is -1.93. The van der Waals surface area contributed by atoms with Crippen LogP contribution in [0, 0.1) is 24.1 Å². The van der Waals surface area contributed by atoms with Gasteiger partial charge in [0.25, 0.3) is 0 Å². The highest BCUT2D eigenvalue weighted by Gasteiger charge is 2.07. The Morgan fingerprint density at radius 1 is 1.54 bits per heavy atom. The van der Waals surface area contributed by atoms with Gasteiger partial charge in [-0.25, -0.2) is 4.39 Å². The minimum absolute atomic E-state index is 0.137. The van der Waals surface area contributed by atoms with Gasteiger partial charge in [0.1, 0.15) is 5.82 Å². The quantitative estimate of drug-likeness (QED) is 0.714. The van der Waals surface area contributed by atoms with Gasteiger partial charge in [0.15, 0.2) is 0 Å². The molecule has 0 atom stereocenters. The molecule has 1 rings (SSSR count). The van der Waals surface area contributed by atoms with Crippen LogP contribution in [0.1, 0.15) is 17.5 Å². The van der Waals surface area contributed by atoms with Gasteiger partial charge in [0.2, 0.25) is 0 Å². The molecule has 1 aromatic carbocycles.